The highest BCUT2D eigenvalue weighted by atomic mass is 19.2. The number of hydrogen-bond donors (Lipinski definition) is 0. The van der Waals surface area contributed by atoms with Crippen LogP contribution in [0.15, 0.2) is 6.07 Å². The molecule has 2 amide bonds. The number of ether oxygens (including phenoxy) is 3. The Kier molecular flexibility index (Phi) is 19.7. The van der Waals surface area contributed by atoms with Crippen LogP contribution in [0, 0.1) is 23.3 Å². The lowest BCUT2D eigenvalue weighted by Gasteiger charge is -2.48. The first kappa shape index (κ1) is 41.6. The molecule has 50 heavy (non-hydrogen) atoms. The standard InChI is InChI=1S/C37H57F4N3O6/c1-2-3-4-5-6-7-8-9-10-11-12-13-14-15-32(45)44-27-29(28-44)42-18-20-43(21-19-42)33(46)16-22-48-24-25-49-23-17-34(47)50-37-35(40)30(38)26-31(39)36(37)41/h26,29H,2-25,27-28H2,1H3. The molecule has 2 fully saturated rings. The molecule has 0 unspecified atom stereocenters. The van der Waals surface area contributed by atoms with Crippen LogP contribution < -0.4 is 4.74 Å². The first-order chi connectivity index (χ1) is 24.2. The Bertz CT molecular complexity index is 1150. The van der Waals surface area contributed by atoms with Gasteiger partial charge in [0.15, 0.2) is 11.6 Å². The van der Waals surface area contributed by atoms with Gasteiger partial charge >= 0.3 is 5.97 Å². The van der Waals surface area contributed by atoms with Crippen molar-refractivity contribution in [1.29, 1.82) is 0 Å². The summed E-state index contributed by atoms with van der Waals surface area (Å²) in [5, 5.41) is 0. The summed E-state index contributed by atoms with van der Waals surface area (Å²) in [6.07, 6.45) is 17.3. The molecule has 2 saturated heterocycles. The molecule has 2 aliphatic rings. The zero-order valence-corrected chi connectivity index (χ0v) is 29.8. The molecule has 1 aromatic carbocycles. The maximum Gasteiger partial charge on any atom is 0.313 e. The van der Waals surface area contributed by atoms with Gasteiger partial charge < -0.3 is 24.0 Å². The van der Waals surface area contributed by atoms with E-state index < -0.39 is 41.4 Å². The molecule has 1 aromatic rings. The summed E-state index contributed by atoms with van der Waals surface area (Å²) in [6.45, 7) is 6.91. The first-order valence-electron chi connectivity index (χ1n) is 18.7. The highest BCUT2D eigenvalue weighted by Gasteiger charge is 2.36. The third-order valence-corrected chi connectivity index (χ3v) is 9.46. The summed E-state index contributed by atoms with van der Waals surface area (Å²) in [7, 11) is 0. The van der Waals surface area contributed by atoms with E-state index in [2.05, 4.69) is 16.6 Å². The van der Waals surface area contributed by atoms with E-state index in [1.54, 1.807) is 0 Å². The maximum absolute atomic E-state index is 13.6. The molecule has 3 rings (SSSR count). The number of piperazine rings is 1. The SMILES string of the molecule is CCCCCCCCCCCCCCCC(=O)N1CC(N2CCN(C(=O)CCOCCOCCC(=O)Oc3c(F)c(F)cc(F)c3F)CC2)C1. The van der Waals surface area contributed by atoms with Crippen LogP contribution in [0.25, 0.3) is 0 Å². The lowest BCUT2D eigenvalue weighted by atomic mass is 10.0. The molecule has 0 N–H and O–H groups in total. The Morgan fingerprint density at radius 1 is 0.620 bits per heavy atom. The highest BCUT2D eigenvalue weighted by Crippen LogP contribution is 2.27. The number of rotatable bonds is 25. The fourth-order valence-electron chi connectivity index (χ4n) is 6.28. The highest BCUT2D eigenvalue weighted by molar-refractivity contribution is 5.77. The summed E-state index contributed by atoms with van der Waals surface area (Å²) in [5.74, 6) is -9.23. The van der Waals surface area contributed by atoms with Gasteiger partial charge in [-0.15, -0.1) is 0 Å². The fourth-order valence-corrected chi connectivity index (χ4v) is 6.28. The number of halogens is 4. The Hall–Kier alpha value is -2.77. The third-order valence-electron chi connectivity index (χ3n) is 9.46. The van der Waals surface area contributed by atoms with Crippen LogP contribution in [0.4, 0.5) is 17.6 Å². The van der Waals surface area contributed by atoms with Gasteiger partial charge in [0, 0.05) is 57.8 Å². The van der Waals surface area contributed by atoms with Gasteiger partial charge in [-0.05, 0) is 6.42 Å². The predicted molar refractivity (Wildman–Crippen MR) is 182 cm³/mol. The minimum Gasteiger partial charge on any atom is -0.420 e. The molecule has 2 aliphatic heterocycles. The molecule has 0 atom stereocenters. The second-order valence-electron chi connectivity index (χ2n) is 13.4. The van der Waals surface area contributed by atoms with Gasteiger partial charge in [-0.3, -0.25) is 19.3 Å². The summed E-state index contributed by atoms with van der Waals surface area (Å²) >= 11 is 0. The second-order valence-corrected chi connectivity index (χ2v) is 13.4. The van der Waals surface area contributed by atoms with Crippen LogP contribution in [0.3, 0.4) is 0 Å². The Labute approximate surface area is 294 Å². The van der Waals surface area contributed by atoms with E-state index >= 15 is 0 Å². The Morgan fingerprint density at radius 3 is 1.64 bits per heavy atom. The van der Waals surface area contributed by atoms with Crippen molar-refractivity contribution in [3.05, 3.63) is 29.3 Å². The monoisotopic (exact) mass is 715 g/mol. The molecular weight excluding hydrogens is 658 g/mol. The zero-order chi connectivity index (χ0) is 36.1. The van der Waals surface area contributed by atoms with E-state index in [0.717, 1.165) is 39.0 Å². The number of esters is 1. The van der Waals surface area contributed by atoms with Crippen molar-refractivity contribution in [1.82, 2.24) is 14.7 Å². The molecule has 0 radical (unpaired) electrons. The van der Waals surface area contributed by atoms with Gasteiger partial charge in [0.25, 0.3) is 0 Å². The van der Waals surface area contributed by atoms with Crippen molar-refractivity contribution >= 4 is 17.8 Å². The van der Waals surface area contributed by atoms with Crippen molar-refractivity contribution in [3.63, 3.8) is 0 Å². The number of carbonyl (C=O) groups is 3. The van der Waals surface area contributed by atoms with Crippen LogP contribution in [0.2, 0.25) is 0 Å². The first-order valence-corrected chi connectivity index (χ1v) is 18.7. The number of amides is 2. The molecule has 0 aromatic heterocycles. The van der Waals surface area contributed by atoms with Gasteiger partial charge in [-0.2, -0.15) is 8.78 Å². The van der Waals surface area contributed by atoms with E-state index in [1.165, 1.54) is 70.6 Å². The number of carbonyl (C=O) groups excluding carboxylic acids is 3. The van der Waals surface area contributed by atoms with E-state index in [1.807, 2.05) is 9.80 Å². The molecule has 0 bridgehead atoms. The van der Waals surface area contributed by atoms with Crippen LogP contribution in [-0.4, -0.2) is 104 Å². The number of unbranched alkanes of at least 4 members (excludes halogenated alkanes) is 12. The summed E-state index contributed by atoms with van der Waals surface area (Å²) in [5.41, 5.74) is 0. The number of hydrogen-bond acceptors (Lipinski definition) is 7. The summed E-state index contributed by atoms with van der Waals surface area (Å²) in [4.78, 5) is 43.1. The minimum atomic E-state index is -1.80. The van der Waals surface area contributed by atoms with Crippen molar-refractivity contribution in [2.75, 3.05) is 65.7 Å². The van der Waals surface area contributed by atoms with Crippen LogP contribution in [-0.2, 0) is 23.9 Å². The molecule has 9 nitrogen and oxygen atoms in total. The third kappa shape index (κ3) is 14.8. The van der Waals surface area contributed by atoms with E-state index in [9.17, 15) is 31.9 Å². The van der Waals surface area contributed by atoms with Crippen LogP contribution in [0.5, 0.6) is 5.75 Å². The smallest absolute Gasteiger partial charge is 0.313 e. The lowest BCUT2D eigenvalue weighted by Crippen LogP contribution is -2.64. The largest absolute Gasteiger partial charge is 0.420 e. The molecular formula is C37H57F4N3O6. The summed E-state index contributed by atoms with van der Waals surface area (Å²) < 4.78 is 68.7. The Balaban J connectivity index is 1.11. The second kappa shape index (κ2) is 23.7. The van der Waals surface area contributed by atoms with Crippen molar-refractivity contribution in [2.24, 2.45) is 0 Å². The summed E-state index contributed by atoms with van der Waals surface area (Å²) in [6, 6.07) is 0.382. The number of nitrogens with zero attached hydrogens (tertiary/aromatic N) is 3. The molecule has 0 spiro atoms. The van der Waals surface area contributed by atoms with Crippen molar-refractivity contribution in [3.8, 4) is 5.75 Å². The van der Waals surface area contributed by atoms with Gasteiger partial charge in [-0.25, -0.2) is 8.78 Å². The predicted octanol–water partition coefficient (Wildman–Crippen LogP) is 6.80. The fraction of sp³-hybridized carbons (Fsp3) is 0.757. The zero-order valence-electron chi connectivity index (χ0n) is 29.8. The maximum atomic E-state index is 13.6. The molecule has 0 aliphatic carbocycles. The number of likely N-dealkylation sites (tertiary alicyclic amines) is 1. The average Bonchev–Trinajstić information content (AvgIpc) is 3.08. The van der Waals surface area contributed by atoms with Gasteiger partial charge in [0.05, 0.1) is 39.3 Å². The normalized spacial score (nSPS) is 15.4. The molecule has 284 valence electrons. The average molecular weight is 716 g/mol. The van der Waals surface area contributed by atoms with Crippen LogP contribution in [0.1, 0.15) is 110 Å². The van der Waals surface area contributed by atoms with Crippen molar-refractivity contribution < 1.29 is 46.2 Å². The van der Waals surface area contributed by atoms with Gasteiger partial charge in [0.1, 0.15) is 0 Å². The Morgan fingerprint density at radius 2 is 1.10 bits per heavy atom. The minimum absolute atomic E-state index is 0.00443. The van der Waals surface area contributed by atoms with E-state index in [0.29, 0.717) is 25.6 Å². The van der Waals surface area contributed by atoms with Crippen molar-refractivity contribution in [2.45, 2.75) is 116 Å². The van der Waals surface area contributed by atoms with Gasteiger partial charge in [-0.1, -0.05) is 84.0 Å². The van der Waals surface area contributed by atoms with Gasteiger partial charge in [0.2, 0.25) is 29.2 Å². The molecule has 0 saturated carbocycles. The molecule has 13 heteroatoms. The quantitative estimate of drug-likeness (QED) is 0.0362. The van der Waals surface area contributed by atoms with E-state index in [4.69, 9.17) is 9.47 Å². The lowest BCUT2D eigenvalue weighted by molar-refractivity contribution is -0.141. The molecule has 2 heterocycles. The topological polar surface area (TPSA) is 88.6 Å². The van der Waals surface area contributed by atoms with Crippen LogP contribution >= 0.6 is 0 Å². The van der Waals surface area contributed by atoms with E-state index in [-0.39, 0.29) is 50.7 Å². The number of benzene rings is 1.